The molecule has 0 aliphatic heterocycles. The Morgan fingerprint density at radius 3 is 2.76 bits per heavy atom. The molecule has 2 heterocycles. The van der Waals surface area contributed by atoms with E-state index in [0.29, 0.717) is 32.8 Å². The quantitative estimate of drug-likeness (QED) is 0.563. The van der Waals surface area contributed by atoms with Crippen LogP contribution in [0.1, 0.15) is 39.9 Å². The van der Waals surface area contributed by atoms with Crippen LogP contribution in [0.25, 0.3) is 21.9 Å². The van der Waals surface area contributed by atoms with E-state index in [4.69, 9.17) is 9.47 Å². The fourth-order valence-corrected chi connectivity index (χ4v) is 2.98. The predicted molar refractivity (Wildman–Crippen MR) is 113 cm³/mol. The van der Waals surface area contributed by atoms with Crippen LogP contribution in [0.2, 0.25) is 0 Å². The van der Waals surface area contributed by atoms with Crippen molar-refractivity contribution in [1.29, 1.82) is 0 Å². The first-order valence-corrected chi connectivity index (χ1v) is 9.90. The Morgan fingerprint density at radius 2 is 2.00 bits per heavy atom. The van der Waals surface area contributed by atoms with E-state index in [9.17, 15) is 4.79 Å². The molecule has 0 bridgehead atoms. The normalized spacial score (nSPS) is 11.7. The number of aromatic nitrogens is 3. The maximum atomic E-state index is 11.8. The van der Waals surface area contributed by atoms with Gasteiger partial charge in [-0.2, -0.15) is 0 Å². The fraction of sp³-hybridized carbons (Fsp3) is 0.476. The number of nitrogens with zero attached hydrogens (tertiary/aromatic N) is 3. The molecular weight excluding hydrogens is 370 g/mol. The minimum atomic E-state index is -0.403. The van der Waals surface area contributed by atoms with Gasteiger partial charge in [0.15, 0.2) is 5.82 Å². The van der Waals surface area contributed by atoms with Crippen LogP contribution in [-0.2, 0) is 16.1 Å². The first kappa shape index (κ1) is 20.9. The van der Waals surface area contributed by atoms with Crippen LogP contribution in [0.15, 0.2) is 30.5 Å². The standard InChI is InChI=1S/C21H29N5O3/c1-5-28-14-18-24-17-13-22-16-10-7-6-9-15(16)19(17)26(18)23-11-8-12-29-20(27)25-21(2,3)4/h6-7,9-10,13,23H,5,8,11-12,14H2,1-4H3,(H,25,27). The van der Waals surface area contributed by atoms with Gasteiger partial charge in [-0.25, -0.2) is 14.5 Å². The average molecular weight is 399 g/mol. The van der Waals surface area contributed by atoms with Gasteiger partial charge in [-0.3, -0.25) is 4.98 Å². The molecule has 0 saturated heterocycles. The summed E-state index contributed by atoms with van der Waals surface area (Å²) in [6, 6.07) is 7.98. The van der Waals surface area contributed by atoms with E-state index in [1.165, 1.54) is 0 Å². The van der Waals surface area contributed by atoms with Crippen molar-refractivity contribution in [1.82, 2.24) is 20.0 Å². The number of fused-ring (bicyclic) bond motifs is 3. The van der Waals surface area contributed by atoms with Gasteiger partial charge < -0.3 is 20.2 Å². The van der Waals surface area contributed by atoms with E-state index >= 15 is 0 Å². The second-order valence-corrected chi connectivity index (χ2v) is 7.78. The van der Waals surface area contributed by atoms with E-state index in [2.05, 4.69) is 20.7 Å². The van der Waals surface area contributed by atoms with E-state index < -0.39 is 6.09 Å². The molecule has 1 amide bonds. The van der Waals surface area contributed by atoms with Gasteiger partial charge in [0, 0.05) is 30.5 Å². The van der Waals surface area contributed by atoms with Crippen molar-refractivity contribution in [3.63, 3.8) is 0 Å². The summed E-state index contributed by atoms with van der Waals surface area (Å²) in [5.41, 5.74) is 5.77. The number of imidazole rings is 1. The molecule has 2 aromatic heterocycles. The molecule has 29 heavy (non-hydrogen) atoms. The van der Waals surface area contributed by atoms with Crippen molar-refractivity contribution >= 4 is 28.0 Å². The maximum absolute atomic E-state index is 11.8. The summed E-state index contributed by atoms with van der Waals surface area (Å²) in [4.78, 5) is 20.9. The molecule has 0 radical (unpaired) electrons. The number of benzene rings is 1. The summed E-state index contributed by atoms with van der Waals surface area (Å²) in [6.45, 7) is 9.65. The van der Waals surface area contributed by atoms with E-state index in [-0.39, 0.29) is 5.54 Å². The van der Waals surface area contributed by atoms with Gasteiger partial charge >= 0.3 is 6.09 Å². The SMILES string of the molecule is CCOCc1nc2cnc3ccccc3c2n1NCCCOC(=O)NC(C)(C)C. The number of rotatable bonds is 8. The highest BCUT2D eigenvalue weighted by Crippen LogP contribution is 2.24. The third-order valence-electron chi connectivity index (χ3n) is 4.20. The molecule has 1 aromatic carbocycles. The van der Waals surface area contributed by atoms with Crippen molar-refractivity contribution in [2.75, 3.05) is 25.2 Å². The Balaban J connectivity index is 1.71. The number of pyridine rings is 1. The minimum Gasteiger partial charge on any atom is -0.449 e. The average Bonchev–Trinajstić information content (AvgIpc) is 3.02. The van der Waals surface area contributed by atoms with Gasteiger partial charge in [0.05, 0.1) is 18.3 Å². The molecular formula is C21H29N5O3. The second kappa shape index (κ2) is 9.09. The number of ether oxygens (including phenoxy) is 2. The third-order valence-corrected chi connectivity index (χ3v) is 4.20. The number of carbonyl (C=O) groups excluding carboxylic acids is 1. The lowest BCUT2D eigenvalue weighted by atomic mass is 10.1. The number of hydrogen-bond acceptors (Lipinski definition) is 6. The zero-order valence-corrected chi connectivity index (χ0v) is 17.5. The molecule has 0 aliphatic carbocycles. The number of alkyl carbamates (subject to hydrolysis) is 1. The van der Waals surface area contributed by atoms with Crippen LogP contribution in [-0.4, -0.2) is 46.0 Å². The Labute approximate surface area is 170 Å². The van der Waals surface area contributed by atoms with Crippen LogP contribution in [0.5, 0.6) is 0 Å². The van der Waals surface area contributed by atoms with Gasteiger partial charge in [0.1, 0.15) is 17.6 Å². The van der Waals surface area contributed by atoms with E-state index in [1.807, 2.05) is 56.6 Å². The Kier molecular flexibility index (Phi) is 6.53. The van der Waals surface area contributed by atoms with Crippen molar-refractivity contribution in [2.24, 2.45) is 0 Å². The van der Waals surface area contributed by atoms with E-state index in [1.54, 1.807) is 6.20 Å². The fourth-order valence-electron chi connectivity index (χ4n) is 2.98. The highest BCUT2D eigenvalue weighted by Gasteiger charge is 2.15. The van der Waals surface area contributed by atoms with Gasteiger partial charge in [-0.15, -0.1) is 0 Å². The molecule has 0 unspecified atom stereocenters. The molecule has 8 nitrogen and oxygen atoms in total. The summed E-state index contributed by atoms with van der Waals surface area (Å²) in [7, 11) is 0. The summed E-state index contributed by atoms with van der Waals surface area (Å²) >= 11 is 0. The molecule has 156 valence electrons. The highest BCUT2D eigenvalue weighted by molar-refractivity contribution is 6.02. The third kappa shape index (κ3) is 5.35. The molecule has 0 fully saturated rings. The lowest BCUT2D eigenvalue weighted by Crippen LogP contribution is -2.41. The maximum Gasteiger partial charge on any atom is 0.407 e. The summed E-state index contributed by atoms with van der Waals surface area (Å²) < 4.78 is 12.8. The number of hydrogen-bond donors (Lipinski definition) is 2. The van der Waals surface area contributed by atoms with Crippen molar-refractivity contribution in [3.05, 3.63) is 36.3 Å². The first-order valence-electron chi connectivity index (χ1n) is 9.90. The van der Waals surface area contributed by atoms with Crippen molar-refractivity contribution < 1.29 is 14.3 Å². The Hall–Kier alpha value is -2.87. The van der Waals surface area contributed by atoms with Crippen LogP contribution in [0.3, 0.4) is 0 Å². The Morgan fingerprint density at radius 1 is 1.21 bits per heavy atom. The molecule has 3 aromatic rings. The zero-order chi connectivity index (χ0) is 20.9. The number of amides is 1. The monoisotopic (exact) mass is 399 g/mol. The minimum absolute atomic E-state index is 0.311. The van der Waals surface area contributed by atoms with Crippen molar-refractivity contribution in [3.8, 4) is 0 Å². The first-order chi connectivity index (χ1) is 13.9. The van der Waals surface area contributed by atoms with Gasteiger partial charge in [-0.1, -0.05) is 18.2 Å². The molecule has 3 rings (SSSR count). The molecule has 2 N–H and O–H groups in total. The second-order valence-electron chi connectivity index (χ2n) is 7.78. The molecule has 0 aliphatic rings. The number of nitrogens with one attached hydrogen (secondary N) is 2. The van der Waals surface area contributed by atoms with Crippen molar-refractivity contribution in [2.45, 2.75) is 46.3 Å². The van der Waals surface area contributed by atoms with E-state index in [0.717, 1.165) is 27.8 Å². The summed E-state index contributed by atoms with van der Waals surface area (Å²) in [6.07, 6.45) is 2.04. The largest absolute Gasteiger partial charge is 0.449 e. The molecule has 0 saturated carbocycles. The smallest absolute Gasteiger partial charge is 0.407 e. The highest BCUT2D eigenvalue weighted by atomic mass is 16.5. The topological polar surface area (TPSA) is 90.3 Å². The van der Waals surface area contributed by atoms with Crippen LogP contribution in [0.4, 0.5) is 4.79 Å². The van der Waals surface area contributed by atoms with Gasteiger partial charge in [-0.05, 0) is 33.8 Å². The lowest BCUT2D eigenvalue weighted by Gasteiger charge is -2.20. The Bertz CT molecular complexity index is 978. The summed E-state index contributed by atoms with van der Waals surface area (Å²) in [5.74, 6) is 0.784. The van der Waals surface area contributed by atoms with Crippen LogP contribution >= 0.6 is 0 Å². The van der Waals surface area contributed by atoms with Crippen LogP contribution < -0.4 is 10.7 Å². The molecule has 0 spiro atoms. The number of para-hydroxylation sites is 1. The lowest BCUT2D eigenvalue weighted by molar-refractivity contribution is 0.126. The number of carbonyl (C=O) groups is 1. The van der Waals surface area contributed by atoms with Gasteiger partial charge in [0.2, 0.25) is 0 Å². The summed E-state index contributed by atoms with van der Waals surface area (Å²) in [5, 5.41) is 3.80. The van der Waals surface area contributed by atoms with Gasteiger partial charge in [0.25, 0.3) is 0 Å². The predicted octanol–water partition coefficient (Wildman–Crippen LogP) is 3.58. The zero-order valence-electron chi connectivity index (χ0n) is 17.5. The molecule has 8 heteroatoms. The van der Waals surface area contributed by atoms with Crippen LogP contribution in [0, 0.1) is 0 Å². The molecule has 0 atom stereocenters.